The van der Waals surface area contributed by atoms with Gasteiger partial charge in [0.1, 0.15) is 0 Å². The fourth-order valence-electron chi connectivity index (χ4n) is 1.59. The minimum atomic E-state index is 0.0128. The summed E-state index contributed by atoms with van der Waals surface area (Å²) in [5.41, 5.74) is 3.53. The van der Waals surface area contributed by atoms with Crippen LogP contribution in [-0.2, 0) is 9.63 Å². The van der Waals surface area contributed by atoms with Gasteiger partial charge in [-0.25, -0.2) is 4.98 Å². The maximum Gasteiger partial charge on any atom is 0.253 e. The number of thiazole rings is 1. The molecular weight excluding hydrogens is 212 g/mol. The van der Waals surface area contributed by atoms with E-state index in [2.05, 4.69) is 4.98 Å². The van der Waals surface area contributed by atoms with Gasteiger partial charge in [0.05, 0.1) is 34.4 Å². The minimum Gasteiger partial charge on any atom is -0.272 e. The molecule has 1 aliphatic heterocycles. The highest BCUT2D eigenvalue weighted by Gasteiger charge is 2.23. The summed E-state index contributed by atoms with van der Waals surface area (Å²) in [6, 6.07) is 5.68. The third-order valence-electron chi connectivity index (χ3n) is 2.31. The first-order valence-corrected chi connectivity index (χ1v) is 5.52. The van der Waals surface area contributed by atoms with Crippen LogP contribution in [0.5, 0.6) is 0 Å². The summed E-state index contributed by atoms with van der Waals surface area (Å²) in [5, 5.41) is 1.36. The molecule has 0 atom stereocenters. The van der Waals surface area contributed by atoms with Gasteiger partial charge in [-0.05, 0) is 18.2 Å². The third kappa shape index (κ3) is 1.40. The van der Waals surface area contributed by atoms with Crippen LogP contribution in [0.25, 0.3) is 10.2 Å². The van der Waals surface area contributed by atoms with Gasteiger partial charge in [0, 0.05) is 0 Å². The van der Waals surface area contributed by atoms with Crippen molar-refractivity contribution in [2.45, 2.75) is 6.42 Å². The molecule has 2 heterocycles. The first-order valence-electron chi connectivity index (χ1n) is 4.64. The Bertz CT molecular complexity index is 523. The molecule has 0 spiro atoms. The number of aromatic nitrogens is 1. The molecule has 1 amide bonds. The lowest BCUT2D eigenvalue weighted by Crippen LogP contribution is -2.21. The van der Waals surface area contributed by atoms with Crippen LogP contribution in [0, 0.1) is 0 Å². The number of hydroxylamine groups is 1. The zero-order valence-corrected chi connectivity index (χ0v) is 8.66. The summed E-state index contributed by atoms with van der Waals surface area (Å²) in [4.78, 5) is 20.9. The Morgan fingerprint density at radius 3 is 3.20 bits per heavy atom. The molecule has 1 saturated heterocycles. The molecule has 0 radical (unpaired) electrons. The Labute approximate surface area is 90.1 Å². The predicted molar refractivity (Wildman–Crippen MR) is 57.7 cm³/mol. The highest BCUT2D eigenvalue weighted by Crippen LogP contribution is 2.26. The lowest BCUT2D eigenvalue weighted by atomic mass is 10.3. The van der Waals surface area contributed by atoms with E-state index < -0.39 is 0 Å². The number of nitrogens with zero attached hydrogens (tertiary/aromatic N) is 2. The van der Waals surface area contributed by atoms with Crippen molar-refractivity contribution in [2.75, 3.05) is 11.7 Å². The predicted octanol–water partition coefficient (Wildman–Crippen LogP) is 1.96. The fourth-order valence-corrected chi connectivity index (χ4v) is 2.30. The molecule has 0 saturated carbocycles. The highest BCUT2D eigenvalue weighted by atomic mass is 32.1. The molecule has 76 valence electrons. The number of hydrogen-bond acceptors (Lipinski definition) is 4. The lowest BCUT2D eigenvalue weighted by Gasteiger charge is -2.13. The summed E-state index contributed by atoms with van der Waals surface area (Å²) in [5.74, 6) is 0.0128. The fraction of sp³-hybridized carbons (Fsp3) is 0.200. The second-order valence-electron chi connectivity index (χ2n) is 3.28. The second kappa shape index (κ2) is 3.29. The van der Waals surface area contributed by atoms with Crippen molar-refractivity contribution in [3.63, 3.8) is 0 Å². The van der Waals surface area contributed by atoms with E-state index in [1.165, 1.54) is 5.06 Å². The van der Waals surface area contributed by atoms with Gasteiger partial charge in [0.25, 0.3) is 5.91 Å². The van der Waals surface area contributed by atoms with Gasteiger partial charge in [-0.1, -0.05) is 0 Å². The monoisotopic (exact) mass is 220 g/mol. The Balaban J connectivity index is 2.06. The van der Waals surface area contributed by atoms with Crippen LogP contribution in [0.15, 0.2) is 23.7 Å². The van der Waals surface area contributed by atoms with Gasteiger partial charge < -0.3 is 0 Å². The molecule has 1 aromatic carbocycles. The molecule has 4 nitrogen and oxygen atoms in total. The molecule has 15 heavy (non-hydrogen) atoms. The number of anilines is 1. The maximum atomic E-state index is 11.4. The van der Waals surface area contributed by atoms with Gasteiger partial charge in [0.15, 0.2) is 0 Å². The average Bonchev–Trinajstić information content (AvgIpc) is 2.84. The van der Waals surface area contributed by atoms with Crippen molar-refractivity contribution in [1.82, 2.24) is 4.98 Å². The van der Waals surface area contributed by atoms with Gasteiger partial charge >= 0.3 is 0 Å². The van der Waals surface area contributed by atoms with Crippen LogP contribution in [0.3, 0.4) is 0 Å². The van der Waals surface area contributed by atoms with Crippen LogP contribution < -0.4 is 5.06 Å². The maximum absolute atomic E-state index is 11.4. The molecule has 1 aliphatic rings. The molecule has 0 unspecified atom stereocenters. The van der Waals surface area contributed by atoms with E-state index in [9.17, 15) is 4.79 Å². The van der Waals surface area contributed by atoms with Crippen molar-refractivity contribution in [3.05, 3.63) is 23.7 Å². The molecule has 1 fully saturated rings. The van der Waals surface area contributed by atoms with Crippen molar-refractivity contribution in [3.8, 4) is 0 Å². The summed E-state index contributed by atoms with van der Waals surface area (Å²) >= 11 is 1.56. The van der Waals surface area contributed by atoms with E-state index in [0.717, 1.165) is 15.9 Å². The summed E-state index contributed by atoms with van der Waals surface area (Å²) in [6.07, 6.45) is 0.459. The Morgan fingerprint density at radius 2 is 2.40 bits per heavy atom. The molecule has 1 aromatic heterocycles. The topological polar surface area (TPSA) is 42.4 Å². The zero-order chi connectivity index (χ0) is 10.3. The standard InChI is InChI=1S/C10H8N2O2S/c13-10-3-4-14-12(10)7-1-2-8-9(5-7)15-6-11-8/h1-2,5-6H,3-4H2. The van der Waals surface area contributed by atoms with Gasteiger partial charge in [-0.3, -0.25) is 9.63 Å². The molecule has 0 aliphatic carbocycles. The third-order valence-corrected chi connectivity index (χ3v) is 3.10. The van der Waals surface area contributed by atoms with Crippen molar-refractivity contribution in [2.24, 2.45) is 0 Å². The summed E-state index contributed by atoms with van der Waals surface area (Å²) in [7, 11) is 0. The highest BCUT2D eigenvalue weighted by molar-refractivity contribution is 7.16. The van der Waals surface area contributed by atoms with E-state index in [-0.39, 0.29) is 5.91 Å². The Kier molecular flexibility index (Phi) is 1.93. The van der Waals surface area contributed by atoms with E-state index in [1.807, 2.05) is 18.2 Å². The van der Waals surface area contributed by atoms with Gasteiger partial charge in [0.2, 0.25) is 0 Å². The first kappa shape index (κ1) is 8.82. The average molecular weight is 220 g/mol. The van der Waals surface area contributed by atoms with E-state index in [0.29, 0.717) is 13.0 Å². The SMILES string of the molecule is O=C1CCON1c1ccc2ncsc2c1. The zero-order valence-electron chi connectivity index (χ0n) is 7.84. The summed E-state index contributed by atoms with van der Waals surface area (Å²) in [6.45, 7) is 0.472. The molecular formula is C10H8N2O2S. The van der Waals surface area contributed by atoms with E-state index in [4.69, 9.17) is 4.84 Å². The summed E-state index contributed by atoms with van der Waals surface area (Å²) < 4.78 is 1.07. The van der Waals surface area contributed by atoms with Crippen molar-refractivity contribution in [1.29, 1.82) is 0 Å². The normalized spacial score (nSPS) is 16.5. The number of rotatable bonds is 1. The molecule has 3 rings (SSSR count). The number of carbonyl (C=O) groups excluding carboxylic acids is 1. The van der Waals surface area contributed by atoms with Crippen LogP contribution in [-0.4, -0.2) is 17.5 Å². The number of carbonyl (C=O) groups is 1. The van der Waals surface area contributed by atoms with E-state index >= 15 is 0 Å². The van der Waals surface area contributed by atoms with Crippen LogP contribution in [0.1, 0.15) is 6.42 Å². The molecule has 0 N–H and O–H groups in total. The molecule has 2 aromatic rings. The van der Waals surface area contributed by atoms with E-state index in [1.54, 1.807) is 16.8 Å². The number of hydrogen-bond donors (Lipinski definition) is 0. The first-order chi connectivity index (χ1) is 7.34. The number of fused-ring (bicyclic) bond motifs is 1. The lowest BCUT2D eigenvalue weighted by molar-refractivity contribution is -0.119. The number of amides is 1. The quantitative estimate of drug-likeness (QED) is 0.737. The minimum absolute atomic E-state index is 0.0128. The Hall–Kier alpha value is -1.46. The van der Waals surface area contributed by atoms with Crippen LogP contribution >= 0.6 is 11.3 Å². The van der Waals surface area contributed by atoms with Crippen molar-refractivity contribution >= 4 is 33.1 Å². The van der Waals surface area contributed by atoms with Crippen LogP contribution in [0.2, 0.25) is 0 Å². The van der Waals surface area contributed by atoms with Crippen molar-refractivity contribution < 1.29 is 9.63 Å². The Morgan fingerprint density at radius 1 is 1.47 bits per heavy atom. The van der Waals surface area contributed by atoms with Gasteiger partial charge in [-0.2, -0.15) is 5.06 Å². The smallest absolute Gasteiger partial charge is 0.253 e. The second-order valence-corrected chi connectivity index (χ2v) is 4.16. The van der Waals surface area contributed by atoms with Gasteiger partial charge in [-0.15, -0.1) is 11.3 Å². The number of benzene rings is 1. The molecule has 0 bridgehead atoms. The molecule has 5 heteroatoms. The van der Waals surface area contributed by atoms with Crippen LogP contribution in [0.4, 0.5) is 5.69 Å². The largest absolute Gasteiger partial charge is 0.272 e.